The molecule has 1 atom stereocenters. The molecule has 0 aromatic rings. The molecule has 1 unspecified atom stereocenters. The van der Waals surface area contributed by atoms with E-state index in [4.69, 9.17) is 4.74 Å². The van der Waals surface area contributed by atoms with Crippen molar-refractivity contribution in [1.29, 1.82) is 0 Å². The van der Waals surface area contributed by atoms with Crippen LogP contribution >= 0.6 is 0 Å². The van der Waals surface area contributed by atoms with Gasteiger partial charge in [-0.15, -0.1) is 0 Å². The standard InChI is InChI=1S/C8H12NO3/c1-2-12-8(11)9-4-3-7(5-9)6-10/h7H,2-5H2,1H3. The van der Waals surface area contributed by atoms with Gasteiger partial charge in [-0.2, -0.15) is 0 Å². The van der Waals surface area contributed by atoms with E-state index in [-0.39, 0.29) is 12.0 Å². The van der Waals surface area contributed by atoms with Crippen molar-refractivity contribution in [3.05, 3.63) is 0 Å². The van der Waals surface area contributed by atoms with Crippen molar-refractivity contribution in [2.45, 2.75) is 13.3 Å². The summed E-state index contributed by atoms with van der Waals surface area (Å²) < 4.78 is 4.78. The molecule has 0 aromatic carbocycles. The molecule has 0 aromatic heterocycles. The second-order valence-electron chi connectivity index (χ2n) is 2.75. The van der Waals surface area contributed by atoms with Gasteiger partial charge in [0.15, 0.2) is 0 Å². The number of amides is 1. The Balaban J connectivity index is 2.35. The summed E-state index contributed by atoms with van der Waals surface area (Å²) >= 11 is 0. The summed E-state index contributed by atoms with van der Waals surface area (Å²) in [6, 6.07) is 0. The highest BCUT2D eigenvalue weighted by Crippen LogP contribution is 2.14. The average Bonchev–Trinajstić information content (AvgIpc) is 2.52. The molecule has 0 N–H and O–H groups in total. The summed E-state index contributed by atoms with van der Waals surface area (Å²) in [6.07, 6.45) is 2.28. The van der Waals surface area contributed by atoms with E-state index >= 15 is 0 Å². The summed E-state index contributed by atoms with van der Waals surface area (Å²) in [4.78, 5) is 22.9. The molecule has 1 aliphatic heterocycles. The first-order valence-corrected chi connectivity index (χ1v) is 4.07. The molecule has 67 valence electrons. The van der Waals surface area contributed by atoms with Crippen molar-refractivity contribution >= 4 is 12.4 Å². The van der Waals surface area contributed by atoms with Crippen LogP contribution in [-0.4, -0.2) is 37.0 Å². The zero-order valence-corrected chi connectivity index (χ0v) is 7.08. The molecule has 4 heteroatoms. The lowest BCUT2D eigenvalue weighted by atomic mass is 10.1. The second-order valence-corrected chi connectivity index (χ2v) is 2.75. The third-order valence-corrected chi connectivity index (χ3v) is 1.88. The summed E-state index contributed by atoms with van der Waals surface area (Å²) in [5, 5.41) is 0. The van der Waals surface area contributed by atoms with Crippen molar-refractivity contribution in [2.75, 3.05) is 19.7 Å². The van der Waals surface area contributed by atoms with Gasteiger partial charge in [0.2, 0.25) is 6.29 Å². The fraction of sp³-hybridized carbons (Fsp3) is 0.750. The molecular weight excluding hydrogens is 158 g/mol. The highest BCUT2D eigenvalue weighted by Gasteiger charge is 2.26. The van der Waals surface area contributed by atoms with Crippen LogP contribution in [0.25, 0.3) is 0 Å². The molecular formula is C8H12NO3. The van der Waals surface area contributed by atoms with Crippen molar-refractivity contribution in [2.24, 2.45) is 5.92 Å². The van der Waals surface area contributed by atoms with Gasteiger partial charge in [-0.05, 0) is 13.3 Å². The number of rotatable bonds is 2. The Morgan fingerprint density at radius 3 is 3.00 bits per heavy atom. The number of carbonyl (C=O) groups excluding carboxylic acids is 2. The van der Waals surface area contributed by atoms with Crippen LogP contribution in [-0.2, 0) is 9.53 Å². The Bertz CT molecular complexity index is 181. The lowest BCUT2D eigenvalue weighted by molar-refractivity contribution is 0.115. The summed E-state index contributed by atoms with van der Waals surface area (Å²) in [5.41, 5.74) is 0. The molecule has 1 aliphatic rings. The number of ether oxygens (including phenoxy) is 1. The van der Waals surface area contributed by atoms with Gasteiger partial charge in [0.05, 0.1) is 6.61 Å². The molecule has 1 radical (unpaired) electrons. The maximum atomic E-state index is 11.1. The summed E-state index contributed by atoms with van der Waals surface area (Å²) in [7, 11) is 0. The van der Waals surface area contributed by atoms with Gasteiger partial charge in [0, 0.05) is 19.0 Å². The molecule has 0 bridgehead atoms. The normalized spacial score (nSPS) is 22.4. The molecule has 0 saturated carbocycles. The quantitative estimate of drug-likeness (QED) is 0.608. The first-order chi connectivity index (χ1) is 5.77. The SMILES string of the molecule is CCOC(=O)N1CCC([C]=O)C1. The van der Waals surface area contributed by atoms with Crippen LogP contribution in [0.2, 0.25) is 0 Å². The van der Waals surface area contributed by atoms with Gasteiger partial charge in [0.1, 0.15) is 0 Å². The average molecular weight is 170 g/mol. The summed E-state index contributed by atoms with van der Waals surface area (Å²) in [5.74, 6) is -0.116. The largest absolute Gasteiger partial charge is 0.450 e. The molecule has 4 nitrogen and oxygen atoms in total. The van der Waals surface area contributed by atoms with Gasteiger partial charge >= 0.3 is 6.09 Å². The van der Waals surface area contributed by atoms with Crippen LogP contribution in [0.3, 0.4) is 0 Å². The number of hydrogen-bond donors (Lipinski definition) is 0. The third kappa shape index (κ3) is 1.96. The Morgan fingerprint density at radius 1 is 1.75 bits per heavy atom. The van der Waals surface area contributed by atoms with Crippen molar-refractivity contribution in [3.8, 4) is 0 Å². The van der Waals surface area contributed by atoms with Crippen LogP contribution in [0.15, 0.2) is 0 Å². The van der Waals surface area contributed by atoms with Gasteiger partial charge in [-0.25, -0.2) is 4.79 Å². The van der Waals surface area contributed by atoms with Gasteiger partial charge < -0.3 is 9.64 Å². The van der Waals surface area contributed by atoms with Crippen molar-refractivity contribution < 1.29 is 14.3 Å². The zero-order chi connectivity index (χ0) is 8.97. The van der Waals surface area contributed by atoms with Gasteiger partial charge in [-0.3, -0.25) is 4.79 Å². The van der Waals surface area contributed by atoms with E-state index in [1.165, 1.54) is 0 Å². The molecule has 12 heavy (non-hydrogen) atoms. The minimum absolute atomic E-state index is 0.116. The van der Waals surface area contributed by atoms with Crippen LogP contribution in [0, 0.1) is 5.92 Å². The van der Waals surface area contributed by atoms with E-state index in [1.807, 2.05) is 6.29 Å². The van der Waals surface area contributed by atoms with Crippen LogP contribution < -0.4 is 0 Å². The van der Waals surface area contributed by atoms with Gasteiger partial charge in [0.25, 0.3) is 0 Å². The van der Waals surface area contributed by atoms with E-state index in [0.29, 0.717) is 26.1 Å². The molecule has 1 heterocycles. The smallest absolute Gasteiger partial charge is 0.409 e. The summed E-state index contributed by atoms with van der Waals surface area (Å²) in [6.45, 7) is 3.21. The predicted molar refractivity (Wildman–Crippen MR) is 42.4 cm³/mol. The number of carbonyl (C=O) groups is 1. The molecule has 1 rings (SSSR count). The third-order valence-electron chi connectivity index (χ3n) is 1.88. The monoisotopic (exact) mass is 170 g/mol. The topological polar surface area (TPSA) is 46.6 Å². The Kier molecular flexibility index (Phi) is 3.08. The Labute approximate surface area is 71.5 Å². The Hall–Kier alpha value is -1.06. The van der Waals surface area contributed by atoms with Crippen LogP contribution in [0.1, 0.15) is 13.3 Å². The highest BCUT2D eigenvalue weighted by molar-refractivity contribution is 5.69. The first-order valence-electron chi connectivity index (χ1n) is 4.07. The first kappa shape index (κ1) is 9.03. The number of nitrogens with zero attached hydrogens (tertiary/aromatic N) is 1. The molecule has 0 spiro atoms. The zero-order valence-electron chi connectivity index (χ0n) is 7.08. The van der Waals surface area contributed by atoms with E-state index in [0.717, 1.165) is 0 Å². The van der Waals surface area contributed by atoms with Crippen molar-refractivity contribution in [1.82, 2.24) is 4.90 Å². The minimum Gasteiger partial charge on any atom is -0.450 e. The fourth-order valence-corrected chi connectivity index (χ4v) is 1.24. The predicted octanol–water partition coefficient (Wildman–Crippen LogP) is 0.575. The highest BCUT2D eigenvalue weighted by atomic mass is 16.6. The number of likely N-dealkylation sites (tertiary alicyclic amines) is 1. The van der Waals surface area contributed by atoms with Crippen LogP contribution in [0.5, 0.6) is 0 Å². The Morgan fingerprint density at radius 2 is 2.50 bits per heavy atom. The minimum atomic E-state index is -0.324. The lowest BCUT2D eigenvalue weighted by Gasteiger charge is -2.13. The lowest BCUT2D eigenvalue weighted by Crippen LogP contribution is -2.29. The van der Waals surface area contributed by atoms with Crippen LogP contribution in [0.4, 0.5) is 4.79 Å². The van der Waals surface area contributed by atoms with Gasteiger partial charge in [-0.1, -0.05) is 0 Å². The van der Waals surface area contributed by atoms with E-state index < -0.39 is 0 Å². The fourth-order valence-electron chi connectivity index (χ4n) is 1.24. The van der Waals surface area contributed by atoms with E-state index in [1.54, 1.807) is 11.8 Å². The van der Waals surface area contributed by atoms with Crippen molar-refractivity contribution in [3.63, 3.8) is 0 Å². The van der Waals surface area contributed by atoms with E-state index in [2.05, 4.69) is 0 Å². The molecule has 1 amide bonds. The molecule has 0 aliphatic carbocycles. The second kappa shape index (κ2) is 4.09. The molecule has 1 fully saturated rings. The maximum absolute atomic E-state index is 11.1. The van der Waals surface area contributed by atoms with E-state index in [9.17, 15) is 9.59 Å². The molecule has 1 saturated heterocycles. The number of hydrogen-bond acceptors (Lipinski definition) is 3. The maximum Gasteiger partial charge on any atom is 0.409 e.